The maximum absolute atomic E-state index is 15.1. The molecule has 156 valence electrons. The van der Waals surface area contributed by atoms with Crippen LogP contribution in [0, 0.1) is 11.6 Å². The maximum Gasteiger partial charge on any atom is 0.326 e. The van der Waals surface area contributed by atoms with Gasteiger partial charge in [0.2, 0.25) is 0 Å². The average Bonchev–Trinajstić information content (AvgIpc) is 2.96. The first-order chi connectivity index (χ1) is 14.2. The second-order valence-electron chi connectivity index (χ2n) is 6.41. The number of nitrogens with one attached hydrogen (secondary N) is 1. The number of halogens is 2. The number of carbonyl (C=O) groups is 1. The lowest BCUT2D eigenvalue weighted by atomic mass is 10.2. The summed E-state index contributed by atoms with van der Waals surface area (Å²) in [6.07, 6.45) is 1.63. The van der Waals surface area contributed by atoms with Gasteiger partial charge in [-0.3, -0.25) is 4.79 Å². The molecule has 9 nitrogen and oxygen atoms in total. The van der Waals surface area contributed by atoms with Crippen molar-refractivity contribution in [1.82, 2.24) is 14.7 Å². The van der Waals surface area contributed by atoms with E-state index in [-0.39, 0.29) is 29.3 Å². The van der Waals surface area contributed by atoms with Crippen LogP contribution in [0.3, 0.4) is 0 Å². The summed E-state index contributed by atoms with van der Waals surface area (Å²) >= 11 is 0. The second-order valence-corrected chi connectivity index (χ2v) is 8.01. The summed E-state index contributed by atoms with van der Waals surface area (Å²) < 4.78 is 59.6. The van der Waals surface area contributed by atoms with Crippen molar-refractivity contribution in [2.24, 2.45) is 0 Å². The number of amides is 1. The molecular weight excluding hydrogens is 422 g/mol. The van der Waals surface area contributed by atoms with Crippen LogP contribution in [-0.4, -0.2) is 42.6 Å². The number of hydrogen-bond acceptors (Lipinski definition) is 7. The van der Waals surface area contributed by atoms with Gasteiger partial charge in [-0.05, 0) is 23.8 Å². The summed E-state index contributed by atoms with van der Waals surface area (Å²) in [5, 5.41) is 10.2. The number of phenolic OH excluding ortho intramolecular Hbond substituents is 1. The number of nitrogens with zero attached hydrogens (tertiary/aromatic N) is 3. The third-order valence-corrected chi connectivity index (χ3v) is 5.73. The molecule has 0 radical (unpaired) electrons. The minimum absolute atomic E-state index is 0.107. The molecule has 1 aliphatic heterocycles. The molecule has 2 heterocycles. The number of aromatic hydroxyl groups is 1. The molecule has 0 aliphatic carbocycles. The second kappa shape index (κ2) is 7.37. The predicted molar refractivity (Wildman–Crippen MR) is 101 cm³/mol. The molecule has 1 aliphatic rings. The van der Waals surface area contributed by atoms with E-state index >= 15 is 4.39 Å². The van der Waals surface area contributed by atoms with Crippen molar-refractivity contribution in [2.75, 3.05) is 17.5 Å². The van der Waals surface area contributed by atoms with Crippen molar-refractivity contribution >= 4 is 32.7 Å². The minimum atomic E-state index is -4.33. The van der Waals surface area contributed by atoms with E-state index in [0.29, 0.717) is 10.7 Å². The summed E-state index contributed by atoms with van der Waals surface area (Å²) in [5.74, 6) is -3.05. The maximum atomic E-state index is 15.1. The molecule has 2 N–H and O–H groups in total. The van der Waals surface area contributed by atoms with E-state index in [1.807, 2.05) is 0 Å². The topological polar surface area (TPSA) is 122 Å². The van der Waals surface area contributed by atoms with Crippen LogP contribution in [0.4, 0.5) is 14.5 Å². The van der Waals surface area contributed by atoms with Crippen LogP contribution in [0.5, 0.6) is 11.8 Å². The van der Waals surface area contributed by atoms with Gasteiger partial charge in [-0.2, -0.15) is 13.4 Å². The highest BCUT2D eigenvalue weighted by atomic mass is 32.2. The predicted octanol–water partition coefficient (Wildman–Crippen LogP) is 1.42. The number of benzene rings is 2. The third kappa shape index (κ3) is 3.68. The Hall–Kier alpha value is -3.54. The minimum Gasteiger partial charge on any atom is -0.506 e. The van der Waals surface area contributed by atoms with Crippen LogP contribution < -0.4 is 13.8 Å². The fourth-order valence-corrected chi connectivity index (χ4v) is 4.12. The molecule has 3 aromatic rings. The number of rotatable bonds is 5. The number of ether oxygens (including phenoxy) is 1. The Morgan fingerprint density at radius 3 is 2.63 bits per heavy atom. The first-order valence-corrected chi connectivity index (χ1v) is 10.1. The highest BCUT2D eigenvalue weighted by Gasteiger charge is 2.38. The zero-order valence-corrected chi connectivity index (χ0v) is 16.0. The van der Waals surface area contributed by atoms with Crippen LogP contribution in [0.25, 0.3) is 10.9 Å². The number of fused-ring (bicyclic) bond motifs is 1. The summed E-state index contributed by atoms with van der Waals surface area (Å²) in [6.45, 7) is -0.549. The van der Waals surface area contributed by atoms with E-state index in [1.165, 1.54) is 18.3 Å². The number of aromatic nitrogens is 2. The molecule has 4 rings (SSSR count). The number of anilines is 1. The fraction of sp³-hybridized carbons (Fsp3) is 0.167. The zero-order chi connectivity index (χ0) is 21.5. The molecule has 0 unspecified atom stereocenters. The summed E-state index contributed by atoms with van der Waals surface area (Å²) in [7, 11) is -4.33. The summed E-state index contributed by atoms with van der Waals surface area (Å²) in [5.41, 5.74) is -0.173. The molecule has 0 bridgehead atoms. The number of phenols is 1. The molecule has 30 heavy (non-hydrogen) atoms. The van der Waals surface area contributed by atoms with Crippen molar-refractivity contribution in [3.63, 3.8) is 0 Å². The Balaban J connectivity index is 1.62. The van der Waals surface area contributed by atoms with Gasteiger partial charge < -0.3 is 9.84 Å². The van der Waals surface area contributed by atoms with Crippen LogP contribution >= 0.6 is 0 Å². The van der Waals surface area contributed by atoms with Gasteiger partial charge in [-0.15, -0.1) is 0 Å². The highest BCUT2D eigenvalue weighted by Crippen LogP contribution is 2.37. The Morgan fingerprint density at radius 2 is 1.97 bits per heavy atom. The van der Waals surface area contributed by atoms with Gasteiger partial charge in [-0.25, -0.2) is 22.8 Å². The molecule has 2 aromatic carbocycles. The number of hydrogen-bond donors (Lipinski definition) is 2. The molecule has 0 atom stereocenters. The summed E-state index contributed by atoms with van der Waals surface area (Å²) in [6, 6.07) is 6.75. The van der Waals surface area contributed by atoms with E-state index in [2.05, 4.69) is 9.97 Å². The zero-order valence-electron chi connectivity index (χ0n) is 15.2. The third-order valence-electron chi connectivity index (χ3n) is 4.35. The largest absolute Gasteiger partial charge is 0.506 e. The Kier molecular flexibility index (Phi) is 4.86. The summed E-state index contributed by atoms with van der Waals surface area (Å²) in [4.78, 5) is 19.3. The molecular formula is C18H14F2N4O5S. The van der Waals surface area contributed by atoms with E-state index < -0.39 is 39.9 Å². The van der Waals surface area contributed by atoms with Crippen molar-refractivity contribution in [3.8, 4) is 11.8 Å². The fourth-order valence-electron chi connectivity index (χ4n) is 2.96. The monoisotopic (exact) mass is 436 g/mol. The quantitative estimate of drug-likeness (QED) is 0.620. The van der Waals surface area contributed by atoms with Crippen molar-refractivity contribution < 1.29 is 31.8 Å². The van der Waals surface area contributed by atoms with Gasteiger partial charge in [0, 0.05) is 18.0 Å². The van der Waals surface area contributed by atoms with Crippen molar-refractivity contribution in [3.05, 3.63) is 53.7 Å². The molecule has 0 spiro atoms. The lowest BCUT2D eigenvalue weighted by Crippen LogP contribution is -2.30. The molecule has 1 aromatic heterocycles. The molecule has 1 amide bonds. The molecule has 0 saturated carbocycles. The van der Waals surface area contributed by atoms with Crippen molar-refractivity contribution in [1.29, 1.82) is 0 Å². The molecule has 1 fully saturated rings. The average molecular weight is 436 g/mol. The van der Waals surface area contributed by atoms with E-state index in [4.69, 9.17) is 4.74 Å². The first kappa shape index (κ1) is 19.8. The van der Waals surface area contributed by atoms with Gasteiger partial charge in [0.15, 0.2) is 5.82 Å². The molecule has 1 saturated heterocycles. The lowest BCUT2D eigenvalue weighted by Gasteiger charge is -2.17. The van der Waals surface area contributed by atoms with Crippen LogP contribution in [0.2, 0.25) is 0 Å². The van der Waals surface area contributed by atoms with Gasteiger partial charge in [0.25, 0.3) is 5.91 Å². The Bertz CT molecular complexity index is 1250. The molecule has 12 heteroatoms. The van der Waals surface area contributed by atoms with Crippen molar-refractivity contribution in [2.45, 2.75) is 6.42 Å². The van der Waals surface area contributed by atoms with Gasteiger partial charge in [0.1, 0.15) is 29.3 Å². The van der Waals surface area contributed by atoms with Gasteiger partial charge in [-0.1, -0.05) is 12.1 Å². The van der Waals surface area contributed by atoms with Gasteiger partial charge in [0.05, 0.1) is 6.61 Å². The lowest BCUT2D eigenvalue weighted by molar-refractivity contribution is -0.117. The van der Waals surface area contributed by atoms with E-state index in [9.17, 15) is 22.7 Å². The first-order valence-electron chi connectivity index (χ1n) is 8.63. The number of carbonyl (C=O) groups excluding carboxylic acids is 1. The highest BCUT2D eigenvalue weighted by molar-refractivity contribution is 7.92. The Labute approximate surface area is 169 Å². The standard InChI is InChI=1S/C18H14F2N4O5S/c19-12-3-1-10(2-4-12)5-6-29-18-21-8-11-7-13(25)17(15(20)16(11)22-18)24-9-14(26)23-30(24,27)28/h1-4,7-8,25H,5-6,9H2,(H,23,26). The van der Waals surface area contributed by atoms with Crippen LogP contribution in [0.15, 0.2) is 36.5 Å². The normalized spacial score (nSPS) is 15.4. The Morgan fingerprint density at radius 1 is 1.23 bits per heavy atom. The van der Waals surface area contributed by atoms with Gasteiger partial charge >= 0.3 is 16.2 Å². The SMILES string of the molecule is O=C1CN(c2c(O)cc3cnc(OCCc4ccc(F)cc4)nc3c2F)S(=O)(=O)N1. The van der Waals surface area contributed by atoms with E-state index in [0.717, 1.165) is 11.6 Å². The van der Waals surface area contributed by atoms with Crippen LogP contribution in [-0.2, 0) is 21.4 Å². The smallest absolute Gasteiger partial charge is 0.326 e. The van der Waals surface area contributed by atoms with Crippen LogP contribution in [0.1, 0.15) is 5.56 Å². The van der Waals surface area contributed by atoms with E-state index in [1.54, 1.807) is 16.9 Å².